The second kappa shape index (κ2) is 11.2. The van der Waals surface area contributed by atoms with Crippen LogP contribution in [0.3, 0.4) is 0 Å². The highest BCUT2D eigenvalue weighted by Gasteiger charge is 2.14. The van der Waals surface area contributed by atoms with E-state index < -0.39 is 0 Å². The van der Waals surface area contributed by atoms with Crippen LogP contribution in [-0.2, 0) is 0 Å². The number of pyridine rings is 1. The van der Waals surface area contributed by atoms with Gasteiger partial charge >= 0.3 is 0 Å². The first-order valence-electron chi connectivity index (χ1n) is 11.2. The Labute approximate surface area is 196 Å². The minimum Gasteiger partial charge on any atom is -0.373 e. The van der Waals surface area contributed by atoms with Crippen molar-refractivity contribution in [3.8, 4) is 11.3 Å². The largest absolute Gasteiger partial charge is 0.373 e. The number of nitrogens with two attached hydrogens (primary N) is 1. The Morgan fingerprint density at radius 2 is 1.94 bits per heavy atom. The average molecular weight is 452 g/mol. The number of nitrogens with zero attached hydrogens (tertiary/aromatic N) is 4. The summed E-state index contributed by atoms with van der Waals surface area (Å²) in [5, 5.41) is 1.61. The van der Waals surface area contributed by atoms with E-state index in [1.54, 1.807) is 12.3 Å². The summed E-state index contributed by atoms with van der Waals surface area (Å²) < 4.78 is 1.50. The van der Waals surface area contributed by atoms with Gasteiger partial charge in [-0.2, -0.15) is 0 Å². The van der Waals surface area contributed by atoms with E-state index in [9.17, 15) is 0 Å². The number of halogens is 1. The zero-order valence-corrected chi connectivity index (χ0v) is 20.0. The number of hydrogen-bond donors (Lipinski definition) is 1. The Hall–Kier alpha value is -2.76. The summed E-state index contributed by atoms with van der Waals surface area (Å²) in [4.78, 5) is 9.45. The fourth-order valence-corrected chi connectivity index (χ4v) is 3.97. The molecule has 2 aromatic heterocycles. The molecule has 4 rings (SSSR count). The quantitative estimate of drug-likeness (QED) is 0.492. The van der Waals surface area contributed by atoms with Gasteiger partial charge in [0.25, 0.3) is 0 Å². The van der Waals surface area contributed by atoms with Gasteiger partial charge in [0, 0.05) is 55.2 Å². The molecular formula is C26H34ClN5. The Bertz CT molecular complexity index is 1060. The van der Waals surface area contributed by atoms with E-state index in [1.165, 1.54) is 55.8 Å². The molecule has 170 valence electrons. The molecule has 32 heavy (non-hydrogen) atoms. The van der Waals surface area contributed by atoms with E-state index in [0.29, 0.717) is 5.02 Å². The van der Waals surface area contributed by atoms with E-state index in [1.807, 2.05) is 36.5 Å². The van der Waals surface area contributed by atoms with Crippen LogP contribution >= 0.6 is 11.6 Å². The summed E-state index contributed by atoms with van der Waals surface area (Å²) in [5.74, 6) is 5.65. The van der Waals surface area contributed by atoms with Crippen molar-refractivity contribution in [3.05, 3.63) is 72.2 Å². The maximum absolute atomic E-state index is 6.31. The van der Waals surface area contributed by atoms with Crippen LogP contribution in [0.2, 0.25) is 5.02 Å². The highest BCUT2D eigenvalue weighted by molar-refractivity contribution is 6.35. The topological polar surface area (TPSA) is 50.3 Å². The summed E-state index contributed by atoms with van der Waals surface area (Å²) in [6.45, 7) is 14.8. The standard InChI is InChI=1S/C15H12ClN3.C11H22N2/c1-2-10-3-4-12-13(16)8-14(18-15(12)7-10)11-5-6-19(17)9-11;1-4-5-6-11(2)13-9-7-12(3)8-10-13/h2-9H,1,17H2;2,4-10H2,1,3H3. The van der Waals surface area contributed by atoms with Crippen molar-refractivity contribution in [2.24, 2.45) is 0 Å². The van der Waals surface area contributed by atoms with Crippen LogP contribution in [0.15, 0.2) is 61.6 Å². The van der Waals surface area contributed by atoms with Crippen LogP contribution in [0, 0.1) is 0 Å². The van der Waals surface area contributed by atoms with Crippen molar-refractivity contribution in [2.75, 3.05) is 39.1 Å². The lowest BCUT2D eigenvalue weighted by Gasteiger charge is -2.35. The molecule has 1 aromatic carbocycles. The molecule has 3 aromatic rings. The van der Waals surface area contributed by atoms with Gasteiger partial charge in [-0.15, -0.1) is 0 Å². The molecule has 6 heteroatoms. The number of nitrogen functional groups attached to an aromatic ring is 1. The molecule has 0 atom stereocenters. The first-order chi connectivity index (χ1) is 15.4. The van der Waals surface area contributed by atoms with Gasteiger partial charge in [0.1, 0.15) is 0 Å². The highest BCUT2D eigenvalue weighted by Crippen LogP contribution is 2.28. The summed E-state index contributed by atoms with van der Waals surface area (Å²) in [6.07, 6.45) is 9.10. The molecule has 0 saturated carbocycles. The Morgan fingerprint density at radius 3 is 2.56 bits per heavy atom. The van der Waals surface area contributed by atoms with Gasteiger partial charge < -0.3 is 15.6 Å². The van der Waals surface area contributed by atoms with Gasteiger partial charge in [0.05, 0.1) is 16.2 Å². The minimum absolute atomic E-state index is 0.681. The lowest BCUT2D eigenvalue weighted by Crippen LogP contribution is -2.43. The molecule has 0 spiro atoms. The third kappa shape index (κ3) is 6.15. The number of unbranched alkanes of at least 4 members (excludes halogenated alkanes) is 1. The number of rotatable bonds is 6. The van der Waals surface area contributed by atoms with Gasteiger partial charge in [0.2, 0.25) is 0 Å². The predicted molar refractivity (Wildman–Crippen MR) is 138 cm³/mol. The normalized spacial score (nSPS) is 14.2. The predicted octanol–water partition coefficient (Wildman–Crippen LogP) is 5.65. The zero-order valence-electron chi connectivity index (χ0n) is 19.2. The lowest BCUT2D eigenvalue weighted by molar-refractivity contribution is 0.182. The third-order valence-corrected chi connectivity index (χ3v) is 6.11. The van der Waals surface area contributed by atoms with E-state index in [2.05, 4.69) is 41.9 Å². The molecule has 0 amide bonds. The fourth-order valence-electron chi connectivity index (χ4n) is 3.70. The summed E-state index contributed by atoms with van der Waals surface area (Å²) >= 11 is 6.31. The van der Waals surface area contributed by atoms with Gasteiger partial charge in [-0.25, -0.2) is 4.98 Å². The molecule has 5 nitrogen and oxygen atoms in total. The van der Waals surface area contributed by atoms with Crippen molar-refractivity contribution in [3.63, 3.8) is 0 Å². The van der Waals surface area contributed by atoms with Gasteiger partial charge in [-0.3, -0.25) is 4.68 Å². The van der Waals surface area contributed by atoms with E-state index in [4.69, 9.17) is 17.4 Å². The number of aromatic nitrogens is 2. The molecule has 1 aliphatic rings. The highest BCUT2D eigenvalue weighted by atomic mass is 35.5. The summed E-state index contributed by atoms with van der Waals surface area (Å²) in [5.41, 5.74) is 4.96. The average Bonchev–Trinajstić information content (AvgIpc) is 3.24. The number of likely N-dealkylation sites (N-methyl/N-ethyl adjacent to an activating group) is 1. The number of hydrogen-bond acceptors (Lipinski definition) is 4. The molecular weight excluding hydrogens is 418 g/mol. The van der Waals surface area contributed by atoms with Crippen molar-refractivity contribution in [1.29, 1.82) is 0 Å². The Morgan fingerprint density at radius 1 is 1.19 bits per heavy atom. The Kier molecular flexibility index (Phi) is 8.37. The number of allylic oxidation sites excluding steroid dienone is 1. The van der Waals surface area contributed by atoms with Crippen molar-refractivity contribution in [1.82, 2.24) is 19.5 Å². The minimum atomic E-state index is 0.681. The lowest BCUT2D eigenvalue weighted by atomic mass is 10.1. The second-order valence-corrected chi connectivity index (χ2v) is 8.68. The fraction of sp³-hybridized carbons (Fsp3) is 0.346. The molecule has 1 fully saturated rings. The molecule has 3 heterocycles. The van der Waals surface area contributed by atoms with Crippen LogP contribution in [0.5, 0.6) is 0 Å². The molecule has 2 N–H and O–H groups in total. The molecule has 0 unspecified atom stereocenters. The van der Waals surface area contributed by atoms with Gasteiger partial charge in [-0.05, 0) is 43.7 Å². The number of fused-ring (bicyclic) bond motifs is 1. The van der Waals surface area contributed by atoms with Crippen LogP contribution in [-0.4, -0.2) is 52.7 Å². The molecule has 1 saturated heterocycles. The zero-order chi connectivity index (χ0) is 23.1. The summed E-state index contributed by atoms with van der Waals surface area (Å²) in [7, 11) is 2.19. The van der Waals surface area contributed by atoms with Crippen LogP contribution < -0.4 is 5.84 Å². The molecule has 0 bridgehead atoms. The Balaban J connectivity index is 0.000000195. The number of benzene rings is 1. The second-order valence-electron chi connectivity index (χ2n) is 8.28. The first kappa shape index (κ1) is 23.9. The van der Waals surface area contributed by atoms with Gasteiger partial charge in [0.15, 0.2) is 0 Å². The van der Waals surface area contributed by atoms with Crippen LogP contribution in [0.4, 0.5) is 0 Å². The van der Waals surface area contributed by atoms with E-state index >= 15 is 0 Å². The third-order valence-electron chi connectivity index (χ3n) is 5.80. The molecule has 0 radical (unpaired) electrons. The van der Waals surface area contributed by atoms with Gasteiger partial charge in [-0.1, -0.05) is 56.3 Å². The van der Waals surface area contributed by atoms with E-state index in [-0.39, 0.29) is 0 Å². The SMILES string of the molecule is C=C(CCCC)N1CCN(C)CC1.C=Cc1ccc2c(Cl)cc(-c3ccn(N)c3)nc2c1. The number of piperazine rings is 1. The monoisotopic (exact) mass is 451 g/mol. The van der Waals surface area contributed by atoms with Crippen molar-refractivity contribution >= 4 is 28.6 Å². The molecule has 1 aliphatic heterocycles. The maximum Gasteiger partial charge on any atom is 0.0740 e. The smallest absolute Gasteiger partial charge is 0.0740 e. The van der Waals surface area contributed by atoms with Crippen molar-refractivity contribution in [2.45, 2.75) is 26.2 Å². The first-order valence-corrected chi connectivity index (χ1v) is 11.6. The van der Waals surface area contributed by atoms with Crippen molar-refractivity contribution < 1.29 is 0 Å². The van der Waals surface area contributed by atoms with E-state index in [0.717, 1.165) is 27.7 Å². The van der Waals surface area contributed by atoms with Crippen LogP contribution in [0.1, 0.15) is 31.7 Å². The maximum atomic E-state index is 6.31. The molecule has 0 aliphatic carbocycles. The van der Waals surface area contributed by atoms with Crippen LogP contribution in [0.25, 0.3) is 28.2 Å². The summed E-state index contributed by atoms with van der Waals surface area (Å²) in [6, 6.07) is 9.66.